The highest BCUT2D eigenvalue weighted by atomic mass is 32.2. The zero-order valence-corrected chi connectivity index (χ0v) is 16.2. The Morgan fingerprint density at radius 3 is 2.64 bits per heavy atom. The van der Waals surface area contributed by atoms with Gasteiger partial charge in [-0.3, -0.25) is 4.79 Å². The Labute approximate surface area is 152 Å². The van der Waals surface area contributed by atoms with E-state index in [9.17, 15) is 13.2 Å². The second-order valence-electron chi connectivity index (χ2n) is 6.45. The zero-order chi connectivity index (χ0) is 18.2. The van der Waals surface area contributed by atoms with E-state index in [1.54, 1.807) is 12.1 Å². The average Bonchev–Trinajstić information content (AvgIpc) is 3.20. The molecule has 1 saturated heterocycles. The fraction of sp³-hybridized carbons (Fsp3) is 0.389. The summed E-state index contributed by atoms with van der Waals surface area (Å²) in [5.41, 5.74) is 2.74. The predicted octanol–water partition coefficient (Wildman–Crippen LogP) is 3.47. The molecule has 3 rings (SSSR count). The lowest BCUT2D eigenvalue weighted by Crippen LogP contribution is -2.42. The first-order chi connectivity index (χ1) is 11.8. The third-order valence-electron chi connectivity index (χ3n) is 4.44. The number of nitrogens with one attached hydrogen (secondary N) is 1. The monoisotopic (exact) mass is 378 g/mol. The number of amides is 1. The third-order valence-corrected chi connectivity index (χ3v) is 7.81. The molecule has 5 nitrogen and oxygen atoms in total. The van der Waals surface area contributed by atoms with Crippen LogP contribution in [0.1, 0.15) is 28.8 Å². The topological polar surface area (TPSA) is 66.5 Å². The number of rotatable bonds is 4. The Morgan fingerprint density at radius 1 is 1.20 bits per heavy atom. The Kier molecular flexibility index (Phi) is 4.99. The quantitative estimate of drug-likeness (QED) is 0.886. The number of hydrogen-bond donors (Lipinski definition) is 1. The van der Waals surface area contributed by atoms with Crippen LogP contribution >= 0.6 is 11.3 Å². The van der Waals surface area contributed by atoms with Crippen LogP contribution in [0.2, 0.25) is 0 Å². The molecule has 1 aromatic carbocycles. The number of sulfonamides is 1. The number of benzene rings is 1. The first kappa shape index (κ1) is 18.1. The van der Waals surface area contributed by atoms with Gasteiger partial charge in [0.1, 0.15) is 10.3 Å². The van der Waals surface area contributed by atoms with Crippen molar-refractivity contribution in [1.29, 1.82) is 0 Å². The maximum absolute atomic E-state index is 12.9. The van der Waals surface area contributed by atoms with Gasteiger partial charge in [-0.1, -0.05) is 12.1 Å². The minimum atomic E-state index is -3.63. The highest BCUT2D eigenvalue weighted by molar-refractivity contribution is 7.91. The number of carbonyl (C=O) groups is 1. The van der Waals surface area contributed by atoms with Gasteiger partial charge >= 0.3 is 0 Å². The molecule has 0 spiro atoms. The third kappa shape index (κ3) is 3.63. The molecule has 134 valence electrons. The molecule has 1 N–H and O–H groups in total. The van der Waals surface area contributed by atoms with Crippen LogP contribution in [0.25, 0.3) is 0 Å². The highest BCUT2D eigenvalue weighted by Crippen LogP contribution is 2.31. The van der Waals surface area contributed by atoms with Gasteiger partial charge in [0.2, 0.25) is 5.91 Å². The van der Waals surface area contributed by atoms with Crippen LogP contribution in [0.4, 0.5) is 5.69 Å². The van der Waals surface area contributed by atoms with E-state index in [-0.39, 0.29) is 5.91 Å². The van der Waals surface area contributed by atoms with Crippen molar-refractivity contribution in [3.05, 3.63) is 46.3 Å². The summed E-state index contributed by atoms with van der Waals surface area (Å²) in [5, 5.41) is 2.91. The lowest BCUT2D eigenvalue weighted by Gasteiger charge is -2.23. The van der Waals surface area contributed by atoms with Crippen LogP contribution in [0, 0.1) is 20.8 Å². The van der Waals surface area contributed by atoms with E-state index in [4.69, 9.17) is 0 Å². The molecule has 2 aromatic rings. The molecule has 0 saturated carbocycles. The Balaban J connectivity index is 1.84. The van der Waals surface area contributed by atoms with Crippen LogP contribution in [0.3, 0.4) is 0 Å². The molecule has 1 atom stereocenters. The van der Waals surface area contributed by atoms with E-state index < -0.39 is 16.1 Å². The van der Waals surface area contributed by atoms with Gasteiger partial charge < -0.3 is 5.32 Å². The van der Waals surface area contributed by atoms with Gasteiger partial charge in [0, 0.05) is 17.1 Å². The number of thiophene rings is 1. The lowest BCUT2D eigenvalue weighted by molar-refractivity contribution is -0.119. The molecule has 1 amide bonds. The lowest BCUT2D eigenvalue weighted by atomic mass is 10.1. The molecular weight excluding hydrogens is 356 g/mol. The Hall–Kier alpha value is -1.70. The molecule has 25 heavy (non-hydrogen) atoms. The van der Waals surface area contributed by atoms with Gasteiger partial charge in [0.05, 0.1) is 0 Å². The Morgan fingerprint density at radius 2 is 1.96 bits per heavy atom. The first-order valence-corrected chi connectivity index (χ1v) is 10.5. The maximum atomic E-state index is 12.9. The standard InChI is InChI=1S/C18H22N2O3S2/c1-12-6-7-13(2)15(11-12)19-18(21)16-5-4-10-20(16)25(22,23)17-9-8-14(3)24-17/h6-9,11,16H,4-5,10H2,1-3H3,(H,19,21). The van der Waals surface area contributed by atoms with Crippen LogP contribution in [0.15, 0.2) is 34.5 Å². The summed E-state index contributed by atoms with van der Waals surface area (Å²) in [7, 11) is -3.63. The smallest absolute Gasteiger partial charge is 0.253 e. The average molecular weight is 379 g/mol. The molecular formula is C18H22N2O3S2. The summed E-state index contributed by atoms with van der Waals surface area (Å²) in [6.07, 6.45) is 1.23. The summed E-state index contributed by atoms with van der Waals surface area (Å²) < 4.78 is 27.4. The number of carbonyl (C=O) groups excluding carboxylic acids is 1. The minimum absolute atomic E-state index is 0.261. The van der Waals surface area contributed by atoms with Gasteiger partial charge in [-0.25, -0.2) is 8.42 Å². The second kappa shape index (κ2) is 6.90. The van der Waals surface area contributed by atoms with Crippen molar-refractivity contribution in [2.75, 3.05) is 11.9 Å². The summed E-state index contributed by atoms with van der Waals surface area (Å²) in [6, 6.07) is 8.58. The van der Waals surface area contributed by atoms with Crippen LogP contribution < -0.4 is 5.32 Å². The minimum Gasteiger partial charge on any atom is -0.324 e. The van der Waals surface area contributed by atoms with E-state index in [1.807, 2.05) is 39.0 Å². The predicted molar refractivity (Wildman–Crippen MR) is 101 cm³/mol. The van der Waals surface area contributed by atoms with Crippen LogP contribution in [-0.2, 0) is 14.8 Å². The molecule has 0 radical (unpaired) electrons. The SMILES string of the molecule is Cc1ccc(C)c(NC(=O)C2CCCN2S(=O)(=O)c2ccc(C)s2)c1. The fourth-order valence-electron chi connectivity index (χ4n) is 3.04. The van der Waals surface area contributed by atoms with Crippen molar-refractivity contribution in [3.8, 4) is 0 Å². The van der Waals surface area contributed by atoms with Gasteiger partial charge in [-0.05, 0) is 62.9 Å². The first-order valence-electron chi connectivity index (χ1n) is 8.25. The van der Waals surface area contributed by atoms with Gasteiger partial charge in [0.25, 0.3) is 10.0 Å². The van der Waals surface area contributed by atoms with Gasteiger partial charge in [0.15, 0.2) is 0 Å². The number of hydrogen-bond acceptors (Lipinski definition) is 4. The molecule has 1 fully saturated rings. The Bertz CT molecular complexity index is 903. The summed E-state index contributed by atoms with van der Waals surface area (Å²) in [4.78, 5) is 13.7. The summed E-state index contributed by atoms with van der Waals surface area (Å²) >= 11 is 1.24. The highest BCUT2D eigenvalue weighted by Gasteiger charge is 2.40. The van der Waals surface area contributed by atoms with E-state index in [0.717, 1.165) is 21.7 Å². The molecule has 1 unspecified atom stereocenters. The van der Waals surface area contributed by atoms with Crippen LogP contribution in [0.5, 0.6) is 0 Å². The largest absolute Gasteiger partial charge is 0.324 e. The second-order valence-corrected chi connectivity index (χ2v) is 9.85. The van der Waals surface area contributed by atoms with Crippen molar-refractivity contribution in [2.45, 2.75) is 43.9 Å². The zero-order valence-electron chi connectivity index (χ0n) is 14.6. The van der Waals surface area contributed by atoms with Gasteiger partial charge in [-0.15, -0.1) is 11.3 Å². The van der Waals surface area contributed by atoms with Crippen molar-refractivity contribution in [3.63, 3.8) is 0 Å². The molecule has 1 aromatic heterocycles. The molecule has 1 aliphatic rings. The van der Waals surface area contributed by atoms with Crippen molar-refractivity contribution in [1.82, 2.24) is 4.31 Å². The number of aryl methyl sites for hydroxylation is 3. The van der Waals surface area contributed by atoms with E-state index in [0.29, 0.717) is 23.6 Å². The number of nitrogens with zero attached hydrogens (tertiary/aromatic N) is 1. The van der Waals surface area contributed by atoms with Crippen molar-refractivity contribution >= 4 is 33.0 Å². The van der Waals surface area contributed by atoms with Crippen LogP contribution in [-0.4, -0.2) is 31.2 Å². The molecule has 0 bridgehead atoms. The van der Waals surface area contributed by atoms with E-state index in [2.05, 4.69) is 5.32 Å². The molecule has 7 heteroatoms. The summed E-state index contributed by atoms with van der Waals surface area (Å²) in [5.74, 6) is -0.261. The van der Waals surface area contributed by atoms with Gasteiger partial charge in [-0.2, -0.15) is 4.31 Å². The van der Waals surface area contributed by atoms with Crippen molar-refractivity contribution < 1.29 is 13.2 Å². The molecule has 0 aliphatic carbocycles. The van der Waals surface area contributed by atoms with Crippen molar-refractivity contribution in [2.24, 2.45) is 0 Å². The summed E-state index contributed by atoms with van der Waals surface area (Å²) in [6.45, 7) is 6.13. The molecule has 1 aliphatic heterocycles. The maximum Gasteiger partial charge on any atom is 0.253 e. The number of anilines is 1. The normalized spacial score (nSPS) is 18.4. The van der Waals surface area contributed by atoms with E-state index >= 15 is 0 Å². The molecule has 2 heterocycles. The fourth-order valence-corrected chi connectivity index (χ4v) is 6.11. The van der Waals surface area contributed by atoms with E-state index in [1.165, 1.54) is 15.6 Å².